The summed E-state index contributed by atoms with van der Waals surface area (Å²) in [5, 5.41) is 3.34. The lowest BCUT2D eigenvalue weighted by Gasteiger charge is -2.23. The highest BCUT2D eigenvalue weighted by Crippen LogP contribution is 2.23. The molecule has 1 heterocycles. The molecule has 0 spiro atoms. The molecule has 0 saturated heterocycles. The topological polar surface area (TPSA) is 29.9 Å². The smallest absolute Gasteiger partial charge is 0.110 e. The van der Waals surface area contributed by atoms with E-state index in [-0.39, 0.29) is 0 Å². The minimum Gasteiger partial charge on any atom is -0.324 e. The molecule has 0 radical (unpaired) electrons. The molecule has 2 aromatic rings. The van der Waals surface area contributed by atoms with Crippen molar-refractivity contribution in [1.29, 1.82) is 0 Å². The lowest BCUT2D eigenvalue weighted by Crippen LogP contribution is -2.31. The lowest BCUT2D eigenvalue weighted by molar-refractivity contribution is 0.412. The number of benzene rings is 1. The second-order valence-corrected chi connectivity index (χ2v) is 4.95. The highest BCUT2D eigenvalue weighted by molar-refractivity contribution is 5.76. The fraction of sp³-hybridized carbons (Fsp3) is 0.533. The first-order valence-electron chi connectivity index (χ1n) is 6.82. The molecule has 1 aromatic heterocycles. The van der Waals surface area contributed by atoms with Gasteiger partial charge < -0.3 is 9.88 Å². The lowest BCUT2D eigenvalue weighted by atomic mass is 10.1. The Labute approximate surface area is 109 Å². The van der Waals surface area contributed by atoms with E-state index in [9.17, 15) is 0 Å². The van der Waals surface area contributed by atoms with Crippen LogP contribution in [0.25, 0.3) is 11.0 Å². The Morgan fingerprint density at radius 2 is 2.00 bits per heavy atom. The fourth-order valence-electron chi connectivity index (χ4n) is 2.41. The Kier molecular flexibility index (Phi) is 4.02. The normalized spacial score (nSPS) is 14.9. The molecule has 3 heteroatoms. The largest absolute Gasteiger partial charge is 0.324 e. The van der Waals surface area contributed by atoms with Crippen molar-refractivity contribution in [3.8, 4) is 0 Å². The van der Waals surface area contributed by atoms with Crippen molar-refractivity contribution in [2.75, 3.05) is 7.05 Å². The molecule has 0 aliphatic carbocycles. The molecule has 0 aliphatic rings. The second-order valence-electron chi connectivity index (χ2n) is 4.95. The molecule has 1 aromatic carbocycles. The maximum Gasteiger partial charge on any atom is 0.110 e. The first-order chi connectivity index (χ1) is 8.69. The van der Waals surface area contributed by atoms with Crippen molar-refractivity contribution < 1.29 is 0 Å². The van der Waals surface area contributed by atoms with E-state index >= 15 is 0 Å². The quantitative estimate of drug-likeness (QED) is 0.877. The summed E-state index contributed by atoms with van der Waals surface area (Å²) in [6.45, 7) is 6.68. The van der Waals surface area contributed by atoms with Crippen molar-refractivity contribution in [2.24, 2.45) is 0 Å². The summed E-state index contributed by atoms with van der Waals surface area (Å²) in [6.07, 6.45) is 2.17. The van der Waals surface area contributed by atoms with Crippen LogP contribution in [-0.2, 0) is 6.42 Å². The summed E-state index contributed by atoms with van der Waals surface area (Å²) in [4.78, 5) is 4.78. The van der Waals surface area contributed by atoms with Crippen LogP contribution in [0.4, 0.5) is 0 Å². The van der Waals surface area contributed by atoms with Gasteiger partial charge in [0.2, 0.25) is 0 Å². The number of aromatic nitrogens is 2. The van der Waals surface area contributed by atoms with Gasteiger partial charge >= 0.3 is 0 Å². The van der Waals surface area contributed by atoms with Gasteiger partial charge in [0.25, 0.3) is 0 Å². The van der Waals surface area contributed by atoms with E-state index in [1.54, 1.807) is 0 Å². The molecule has 98 valence electrons. The average molecular weight is 245 g/mol. The van der Waals surface area contributed by atoms with Crippen LogP contribution in [0.2, 0.25) is 0 Å². The second kappa shape index (κ2) is 5.53. The first-order valence-corrected chi connectivity index (χ1v) is 6.82. The van der Waals surface area contributed by atoms with E-state index in [1.807, 2.05) is 7.05 Å². The fourth-order valence-corrected chi connectivity index (χ4v) is 2.41. The Morgan fingerprint density at radius 3 is 2.67 bits per heavy atom. The highest BCUT2D eigenvalue weighted by Gasteiger charge is 2.18. The van der Waals surface area contributed by atoms with E-state index in [1.165, 1.54) is 11.3 Å². The molecule has 2 rings (SSSR count). The average Bonchev–Trinajstić information content (AvgIpc) is 2.75. The number of likely N-dealkylation sites (N-methyl/N-ethyl adjacent to an activating group) is 1. The zero-order chi connectivity index (χ0) is 13.1. The third kappa shape index (κ3) is 2.27. The molecule has 0 aliphatic heterocycles. The van der Waals surface area contributed by atoms with Crippen LogP contribution in [0.15, 0.2) is 24.3 Å². The van der Waals surface area contributed by atoms with Crippen LogP contribution in [-0.4, -0.2) is 22.6 Å². The molecule has 0 amide bonds. The number of aryl methyl sites for hydroxylation is 1. The van der Waals surface area contributed by atoms with E-state index in [4.69, 9.17) is 4.98 Å². The van der Waals surface area contributed by atoms with Gasteiger partial charge in [0.05, 0.1) is 11.0 Å². The minimum atomic E-state index is 0.406. The van der Waals surface area contributed by atoms with Crippen molar-refractivity contribution in [2.45, 2.75) is 45.7 Å². The van der Waals surface area contributed by atoms with E-state index in [2.05, 4.69) is 54.9 Å². The molecular weight excluding hydrogens is 222 g/mol. The van der Waals surface area contributed by atoms with E-state index in [0.717, 1.165) is 18.4 Å². The van der Waals surface area contributed by atoms with Gasteiger partial charge in [-0.15, -0.1) is 0 Å². The van der Waals surface area contributed by atoms with Gasteiger partial charge in [-0.3, -0.25) is 0 Å². The van der Waals surface area contributed by atoms with Crippen molar-refractivity contribution in [3.05, 3.63) is 30.1 Å². The molecule has 3 nitrogen and oxygen atoms in total. The van der Waals surface area contributed by atoms with Gasteiger partial charge in [-0.2, -0.15) is 0 Å². The van der Waals surface area contributed by atoms with Crippen LogP contribution < -0.4 is 5.32 Å². The number of nitrogens with zero attached hydrogens (tertiary/aromatic N) is 2. The molecule has 2 unspecified atom stereocenters. The number of hydrogen-bond donors (Lipinski definition) is 1. The maximum absolute atomic E-state index is 4.78. The van der Waals surface area contributed by atoms with E-state index < -0.39 is 0 Å². The summed E-state index contributed by atoms with van der Waals surface area (Å²) < 4.78 is 2.39. The third-order valence-corrected chi connectivity index (χ3v) is 3.73. The Balaban J connectivity index is 2.54. The number of nitrogens with one attached hydrogen (secondary N) is 1. The summed E-state index contributed by atoms with van der Waals surface area (Å²) in [5.74, 6) is 1.20. The molecular formula is C15H23N3. The molecule has 0 fully saturated rings. The number of fused-ring (bicyclic) bond motifs is 1. The number of para-hydroxylation sites is 2. The van der Waals surface area contributed by atoms with Crippen LogP contribution in [0.3, 0.4) is 0 Å². The third-order valence-electron chi connectivity index (χ3n) is 3.73. The standard InChI is InChI=1S/C15H23N3/c1-5-8-15-17-13-9-6-7-10-14(13)18(15)12(3)11(2)16-4/h6-7,9-12,16H,5,8H2,1-4H3. The zero-order valence-corrected chi connectivity index (χ0v) is 11.8. The van der Waals surface area contributed by atoms with Gasteiger partial charge in [-0.25, -0.2) is 4.98 Å². The van der Waals surface area contributed by atoms with Gasteiger partial charge in [0, 0.05) is 18.5 Å². The maximum atomic E-state index is 4.78. The minimum absolute atomic E-state index is 0.406. The molecule has 0 bridgehead atoms. The van der Waals surface area contributed by atoms with Gasteiger partial charge in [-0.1, -0.05) is 19.1 Å². The predicted octanol–water partition coefficient (Wildman–Crippen LogP) is 3.16. The monoisotopic (exact) mass is 245 g/mol. The summed E-state index contributed by atoms with van der Waals surface area (Å²) >= 11 is 0. The van der Waals surface area contributed by atoms with Crippen LogP contribution in [0, 0.1) is 0 Å². The zero-order valence-electron chi connectivity index (χ0n) is 11.8. The van der Waals surface area contributed by atoms with Crippen molar-refractivity contribution >= 4 is 11.0 Å². The molecule has 18 heavy (non-hydrogen) atoms. The molecule has 0 saturated carbocycles. The van der Waals surface area contributed by atoms with Gasteiger partial charge in [-0.05, 0) is 39.4 Å². The predicted molar refractivity (Wildman–Crippen MR) is 77.0 cm³/mol. The van der Waals surface area contributed by atoms with E-state index in [0.29, 0.717) is 12.1 Å². The Bertz CT molecular complexity index is 515. The van der Waals surface area contributed by atoms with Crippen LogP contribution >= 0.6 is 0 Å². The Hall–Kier alpha value is -1.35. The molecule has 1 N–H and O–H groups in total. The van der Waals surface area contributed by atoms with Crippen LogP contribution in [0.5, 0.6) is 0 Å². The van der Waals surface area contributed by atoms with Gasteiger partial charge in [0.1, 0.15) is 5.82 Å². The summed E-state index contributed by atoms with van der Waals surface area (Å²) in [5.41, 5.74) is 2.35. The first kappa shape index (κ1) is 13.1. The Morgan fingerprint density at radius 1 is 1.28 bits per heavy atom. The van der Waals surface area contributed by atoms with Crippen molar-refractivity contribution in [1.82, 2.24) is 14.9 Å². The highest BCUT2D eigenvalue weighted by atomic mass is 15.1. The van der Waals surface area contributed by atoms with Crippen LogP contribution in [0.1, 0.15) is 39.1 Å². The SMILES string of the molecule is CCCc1nc2ccccc2n1C(C)C(C)NC. The summed E-state index contributed by atoms with van der Waals surface area (Å²) in [7, 11) is 2.01. The number of rotatable bonds is 5. The number of imidazole rings is 1. The van der Waals surface area contributed by atoms with Crippen molar-refractivity contribution in [3.63, 3.8) is 0 Å². The molecule has 2 atom stereocenters. The summed E-state index contributed by atoms with van der Waals surface area (Å²) in [6, 6.07) is 9.25. The van der Waals surface area contributed by atoms with Gasteiger partial charge in [0.15, 0.2) is 0 Å². The number of hydrogen-bond acceptors (Lipinski definition) is 2.